The highest BCUT2D eigenvalue weighted by atomic mass is 16.5. The highest BCUT2D eigenvalue weighted by Crippen LogP contribution is 2.07. The quantitative estimate of drug-likeness (QED) is 0.431. The van der Waals surface area contributed by atoms with Gasteiger partial charge in [0.05, 0.1) is 11.9 Å². The van der Waals surface area contributed by atoms with Crippen LogP contribution in [0.3, 0.4) is 0 Å². The maximum atomic E-state index is 11.2. The number of imidazole rings is 1. The summed E-state index contributed by atoms with van der Waals surface area (Å²) in [6, 6.07) is 0. The molecule has 1 aromatic heterocycles. The molecule has 0 aliphatic rings. The van der Waals surface area contributed by atoms with Gasteiger partial charge in [0.2, 0.25) is 0 Å². The molecule has 0 radical (unpaired) electrons. The lowest BCUT2D eigenvalue weighted by Gasteiger charge is -2.06. The molecule has 0 aliphatic heterocycles. The molecule has 0 atom stereocenters. The Hall–Kier alpha value is -1.84. The van der Waals surface area contributed by atoms with E-state index in [1.54, 1.807) is 19.2 Å². The van der Waals surface area contributed by atoms with Crippen molar-refractivity contribution >= 4 is 5.97 Å². The van der Waals surface area contributed by atoms with Crippen LogP contribution in [-0.4, -0.2) is 15.5 Å². The Morgan fingerprint density at radius 1 is 1.69 bits per heavy atom. The average Bonchev–Trinajstić information content (AvgIpc) is 2.58. The van der Waals surface area contributed by atoms with Gasteiger partial charge in [0.1, 0.15) is 12.4 Å². The lowest BCUT2D eigenvalue weighted by Crippen LogP contribution is -2.08. The van der Waals surface area contributed by atoms with E-state index in [1.165, 1.54) is 0 Å². The van der Waals surface area contributed by atoms with Crippen molar-refractivity contribution in [2.45, 2.75) is 20.0 Å². The predicted octanol–water partition coefficient (Wildman–Crippen LogP) is 1.77. The molecular weight excluding hydrogens is 204 g/mol. The maximum Gasteiger partial charge on any atom is 0.333 e. The molecule has 86 valence electrons. The summed E-state index contributed by atoms with van der Waals surface area (Å²) < 4.78 is 6.93. The van der Waals surface area contributed by atoms with E-state index in [2.05, 4.69) is 18.1 Å². The van der Waals surface area contributed by atoms with Crippen LogP contribution in [-0.2, 0) is 29.6 Å². The standard InChI is InChI=1S/C12H16N2O2/c1-5-6-11-13-7-10(14(11)4)8-16-12(15)9(2)3/h5,7H,1-2,6,8H2,3-4H3. The first kappa shape index (κ1) is 12.2. The van der Waals surface area contributed by atoms with Crippen LogP contribution < -0.4 is 0 Å². The molecule has 16 heavy (non-hydrogen) atoms. The number of hydrogen-bond acceptors (Lipinski definition) is 3. The van der Waals surface area contributed by atoms with E-state index in [0.29, 0.717) is 12.0 Å². The van der Waals surface area contributed by atoms with Crippen molar-refractivity contribution in [3.63, 3.8) is 0 Å². The van der Waals surface area contributed by atoms with Crippen LogP contribution in [0.25, 0.3) is 0 Å². The van der Waals surface area contributed by atoms with Crippen LogP contribution in [0.4, 0.5) is 0 Å². The van der Waals surface area contributed by atoms with E-state index in [-0.39, 0.29) is 12.6 Å². The number of carbonyl (C=O) groups excluding carboxylic acids is 1. The molecule has 1 aromatic rings. The molecule has 4 heteroatoms. The average molecular weight is 220 g/mol. The molecule has 0 amide bonds. The van der Waals surface area contributed by atoms with Crippen molar-refractivity contribution in [1.29, 1.82) is 0 Å². The molecule has 0 bridgehead atoms. The smallest absolute Gasteiger partial charge is 0.333 e. The van der Waals surface area contributed by atoms with E-state index in [1.807, 2.05) is 11.6 Å². The number of esters is 1. The van der Waals surface area contributed by atoms with E-state index in [9.17, 15) is 4.79 Å². The van der Waals surface area contributed by atoms with Gasteiger partial charge in [0, 0.05) is 19.0 Å². The Balaban J connectivity index is 2.64. The van der Waals surface area contributed by atoms with Gasteiger partial charge in [-0.2, -0.15) is 0 Å². The minimum absolute atomic E-state index is 0.215. The van der Waals surface area contributed by atoms with Gasteiger partial charge in [-0.25, -0.2) is 9.78 Å². The Labute approximate surface area is 95.3 Å². The Morgan fingerprint density at radius 2 is 2.38 bits per heavy atom. The third-order valence-corrected chi connectivity index (χ3v) is 2.21. The first-order valence-corrected chi connectivity index (χ1v) is 4.99. The van der Waals surface area contributed by atoms with Crippen LogP contribution in [0.2, 0.25) is 0 Å². The largest absolute Gasteiger partial charge is 0.456 e. The molecule has 0 N–H and O–H groups in total. The number of ether oxygens (including phenoxy) is 1. The maximum absolute atomic E-state index is 11.2. The normalized spacial score (nSPS) is 9.88. The van der Waals surface area contributed by atoms with E-state index < -0.39 is 0 Å². The molecule has 0 saturated carbocycles. The van der Waals surface area contributed by atoms with Crippen LogP contribution in [0.15, 0.2) is 31.0 Å². The second kappa shape index (κ2) is 5.30. The number of rotatable bonds is 5. The third-order valence-electron chi connectivity index (χ3n) is 2.21. The van der Waals surface area contributed by atoms with E-state index >= 15 is 0 Å². The van der Waals surface area contributed by atoms with Gasteiger partial charge in [-0.05, 0) is 6.92 Å². The van der Waals surface area contributed by atoms with Gasteiger partial charge < -0.3 is 9.30 Å². The number of aromatic nitrogens is 2. The zero-order valence-corrected chi connectivity index (χ0v) is 9.69. The highest BCUT2D eigenvalue weighted by molar-refractivity contribution is 5.86. The molecule has 0 unspecified atom stereocenters. The Kier molecular flexibility index (Phi) is 4.05. The molecule has 0 aromatic carbocycles. The van der Waals surface area contributed by atoms with E-state index in [4.69, 9.17) is 4.74 Å². The van der Waals surface area contributed by atoms with Crippen LogP contribution >= 0.6 is 0 Å². The molecular formula is C12H16N2O2. The Morgan fingerprint density at radius 3 is 2.94 bits per heavy atom. The Bertz CT molecular complexity index is 419. The van der Waals surface area contributed by atoms with Crippen molar-refractivity contribution in [2.24, 2.45) is 7.05 Å². The van der Waals surface area contributed by atoms with Gasteiger partial charge in [-0.1, -0.05) is 12.7 Å². The summed E-state index contributed by atoms with van der Waals surface area (Å²) in [6.45, 7) is 9.00. The molecule has 0 aliphatic carbocycles. The number of carbonyl (C=O) groups is 1. The predicted molar refractivity (Wildman–Crippen MR) is 61.7 cm³/mol. The van der Waals surface area contributed by atoms with E-state index in [0.717, 1.165) is 11.5 Å². The lowest BCUT2D eigenvalue weighted by molar-refractivity contribution is -0.140. The summed E-state index contributed by atoms with van der Waals surface area (Å²) >= 11 is 0. The summed E-state index contributed by atoms with van der Waals surface area (Å²) in [7, 11) is 1.88. The van der Waals surface area contributed by atoms with Crippen LogP contribution in [0, 0.1) is 0 Å². The molecule has 1 rings (SSSR count). The van der Waals surface area contributed by atoms with Crippen molar-refractivity contribution < 1.29 is 9.53 Å². The number of allylic oxidation sites excluding steroid dienone is 1. The fourth-order valence-electron chi connectivity index (χ4n) is 1.20. The highest BCUT2D eigenvalue weighted by Gasteiger charge is 2.08. The summed E-state index contributed by atoms with van der Waals surface area (Å²) in [4.78, 5) is 15.4. The second-order valence-electron chi connectivity index (χ2n) is 3.57. The van der Waals surface area contributed by atoms with Crippen molar-refractivity contribution in [3.05, 3.63) is 42.5 Å². The number of nitrogens with zero attached hydrogens (tertiary/aromatic N) is 2. The van der Waals surface area contributed by atoms with Gasteiger partial charge in [0.25, 0.3) is 0 Å². The SMILES string of the molecule is C=CCc1ncc(COC(=O)C(=C)C)n1C. The summed E-state index contributed by atoms with van der Waals surface area (Å²) in [5.41, 5.74) is 1.25. The monoisotopic (exact) mass is 220 g/mol. The van der Waals surface area contributed by atoms with Gasteiger partial charge in [-0.15, -0.1) is 6.58 Å². The van der Waals surface area contributed by atoms with Crippen molar-refractivity contribution in [2.75, 3.05) is 0 Å². The van der Waals surface area contributed by atoms with Crippen molar-refractivity contribution in [1.82, 2.24) is 9.55 Å². The van der Waals surface area contributed by atoms with Crippen molar-refractivity contribution in [3.8, 4) is 0 Å². The lowest BCUT2D eigenvalue weighted by atomic mass is 10.3. The van der Waals surface area contributed by atoms with Gasteiger partial charge in [0.15, 0.2) is 0 Å². The minimum Gasteiger partial charge on any atom is -0.456 e. The van der Waals surface area contributed by atoms with Crippen LogP contribution in [0.1, 0.15) is 18.4 Å². The van der Waals surface area contributed by atoms with Gasteiger partial charge in [-0.3, -0.25) is 0 Å². The fourth-order valence-corrected chi connectivity index (χ4v) is 1.20. The summed E-state index contributed by atoms with van der Waals surface area (Å²) in [5.74, 6) is 0.517. The van der Waals surface area contributed by atoms with Crippen LogP contribution in [0.5, 0.6) is 0 Å². The third kappa shape index (κ3) is 2.82. The first-order valence-electron chi connectivity index (χ1n) is 4.99. The van der Waals surface area contributed by atoms with Gasteiger partial charge >= 0.3 is 5.97 Å². The molecule has 4 nitrogen and oxygen atoms in total. The zero-order chi connectivity index (χ0) is 12.1. The fraction of sp³-hybridized carbons (Fsp3) is 0.333. The second-order valence-corrected chi connectivity index (χ2v) is 3.57. The molecule has 0 saturated heterocycles. The first-order chi connectivity index (χ1) is 7.56. The summed E-state index contributed by atoms with van der Waals surface area (Å²) in [6.07, 6.45) is 4.18. The molecule has 0 fully saturated rings. The molecule has 0 spiro atoms. The molecule has 1 heterocycles. The topological polar surface area (TPSA) is 44.1 Å². The minimum atomic E-state index is -0.383. The summed E-state index contributed by atoms with van der Waals surface area (Å²) in [5, 5.41) is 0. The zero-order valence-electron chi connectivity index (χ0n) is 9.69. The number of hydrogen-bond donors (Lipinski definition) is 0.